The number of hydrogen-bond acceptors (Lipinski definition) is 4. The van der Waals surface area contributed by atoms with Crippen molar-refractivity contribution >= 4 is 28.8 Å². The molecule has 1 heterocycles. The maximum Gasteiger partial charge on any atom is 0.255 e. The van der Waals surface area contributed by atoms with Crippen LogP contribution in [-0.4, -0.2) is 16.8 Å². The molecule has 0 spiro atoms. The van der Waals surface area contributed by atoms with Crippen molar-refractivity contribution in [2.24, 2.45) is 0 Å². The van der Waals surface area contributed by atoms with Crippen LogP contribution in [0.2, 0.25) is 0 Å². The van der Waals surface area contributed by atoms with E-state index in [1.165, 1.54) is 5.56 Å². The Morgan fingerprint density at radius 3 is 2.45 bits per heavy atom. The van der Waals surface area contributed by atoms with Gasteiger partial charge in [0.05, 0.1) is 17.1 Å². The Morgan fingerprint density at radius 1 is 0.909 bits per heavy atom. The summed E-state index contributed by atoms with van der Waals surface area (Å²) in [7, 11) is 0. The molecule has 5 nitrogen and oxygen atoms in total. The van der Waals surface area contributed by atoms with E-state index in [-0.39, 0.29) is 18.2 Å². The molecular formula is C27H25N3O2S. The predicted molar refractivity (Wildman–Crippen MR) is 132 cm³/mol. The first-order chi connectivity index (χ1) is 16.0. The first-order valence-corrected chi connectivity index (χ1v) is 11.6. The van der Waals surface area contributed by atoms with Crippen molar-refractivity contribution in [2.75, 3.05) is 5.32 Å². The van der Waals surface area contributed by atoms with Crippen LogP contribution in [0.3, 0.4) is 0 Å². The molecule has 0 fully saturated rings. The molecule has 166 valence electrons. The van der Waals surface area contributed by atoms with Crippen molar-refractivity contribution in [2.45, 2.75) is 26.3 Å². The van der Waals surface area contributed by atoms with Gasteiger partial charge in [-0.05, 0) is 42.3 Å². The Labute approximate surface area is 197 Å². The third kappa shape index (κ3) is 6.60. The summed E-state index contributed by atoms with van der Waals surface area (Å²) in [5.74, 6) is -0.244. The van der Waals surface area contributed by atoms with Gasteiger partial charge in [-0.3, -0.25) is 9.59 Å². The minimum absolute atomic E-state index is 0.0827. The lowest BCUT2D eigenvalue weighted by Crippen LogP contribution is -2.24. The van der Waals surface area contributed by atoms with Gasteiger partial charge < -0.3 is 10.6 Å². The average Bonchev–Trinajstić information content (AvgIpc) is 3.25. The van der Waals surface area contributed by atoms with Crippen LogP contribution in [0.25, 0.3) is 0 Å². The van der Waals surface area contributed by atoms with E-state index in [1.54, 1.807) is 23.5 Å². The lowest BCUT2D eigenvalue weighted by Gasteiger charge is -2.09. The van der Waals surface area contributed by atoms with Crippen molar-refractivity contribution < 1.29 is 9.59 Å². The molecule has 4 aromatic rings. The molecule has 0 aliphatic heterocycles. The summed E-state index contributed by atoms with van der Waals surface area (Å²) in [6.45, 7) is 2.37. The van der Waals surface area contributed by atoms with Crippen LogP contribution < -0.4 is 10.6 Å². The summed E-state index contributed by atoms with van der Waals surface area (Å²) in [6.07, 6.45) is 1.02. The molecule has 1 aromatic heterocycles. The topological polar surface area (TPSA) is 71.1 Å². The third-order valence-electron chi connectivity index (χ3n) is 5.13. The van der Waals surface area contributed by atoms with Crippen molar-refractivity contribution in [1.29, 1.82) is 0 Å². The van der Waals surface area contributed by atoms with Gasteiger partial charge in [-0.25, -0.2) is 4.98 Å². The molecule has 0 aliphatic rings. The molecule has 2 amide bonds. The molecule has 6 heteroatoms. The second-order valence-electron chi connectivity index (χ2n) is 7.87. The van der Waals surface area contributed by atoms with Crippen LogP contribution >= 0.6 is 11.3 Å². The average molecular weight is 456 g/mol. The molecule has 33 heavy (non-hydrogen) atoms. The minimum atomic E-state index is -0.161. The maximum absolute atomic E-state index is 12.4. The Hall–Kier alpha value is -3.77. The fourth-order valence-corrected chi connectivity index (χ4v) is 4.20. The van der Waals surface area contributed by atoms with E-state index in [0.717, 1.165) is 28.2 Å². The largest absolute Gasteiger partial charge is 0.352 e. The number of carbonyl (C=O) groups excluding carboxylic acids is 2. The number of rotatable bonds is 8. The van der Waals surface area contributed by atoms with E-state index in [2.05, 4.69) is 27.8 Å². The number of amides is 2. The van der Waals surface area contributed by atoms with Crippen molar-refractivity contribution in [1.82, 2.24) is 10.3 Å². The van der Waals surface area contributed by atoms with E-state index in [4.69, 9.17) is 0 Å². The second kappa shape index (κ2) is 10.7. The molecular weight excluding hydrogens is 430 g/mol. The van der Waals surface area contributed by atoms with Crippen molar-refractivity contribution in [3.63, 3.8) is 0 Å². The van der Waals surface area contributed by atoms with Crippen molar-refractivity contribution in [3.8, 4) is 0 Å². The molecule has 2 N–H and O–H groups in total. The molecule has 0 unspecified atom stereocenters. The Kier molecular flexibility index (Phi) is 7.27. The van der Waals surface area contributed by atoms with Crippen LogP contribution in [-0.2, 0) is 24.2 Å². The zero-order chi connectivity index (χ0) is 23.0. The van der Waals surface area contributed by atoms with Gasteiger partial charge in [0.2, 0.25) is 5.91 Å². The molecule has 0 atom stereocenters. The zero-order valence-electron chi connectivity index (χ0n) is 18.4. The molecule has 0 saturated heterocycles. The standard InChI is InChI=1S/C27H25N3O2S/c1-19-10-12-22(13-11-19)27(32)30-23-9-5-8-21(14-23)17-28-25(31)16-24-18-33-26(29-24)15-20-6-3-2-4-7-20/h2-14,18H,15-17H2,1H3,(H,28,31)(H,30,32). The number of thiazole rings is 1. The Balaban J connectivity index is 1.28. The molecule has 0 aliphatic carbocycles. The van der Waals surface area contributed by atoms with Gasteiger partial charge in [-0.15, -0.1) is 11.3 Å². The number of nitrogens with one attached hydrogen (secondary N) is 2. The number of carbonyl (C=O) groups is 2. The quantitative estimate of drug-likeness (QED) is 0.386. The highest BCUT2D eigenvalue weighted by atomic mass is 32.1. The van der Waals surface area contributed by atoms with E-state index in [9.17, 15) is 9.59 Å². The third-order valence-corrected chi connectivity index (χ3v) is 6.03. The summed E-state index contributed by atoms with van der Waals surface area (Å²) in [5, 5.41) is 8.79. The lowest BCUT2D eigenvalue weighted by atomic mass is 10.1. The molecule has 4 rings (SSSR count). The monoisotopic (exact) mass is 455 g/mol. The van der Waals surface area contributed by atoms with Gasteiger partial charge in [0, 0.05) is 29.6 Å². The lowest BCUT2D eigenvalue weighted by molar-refractivity contribution is -0.120. The SMILES string of the molecule is Cc1ccc(C(=O)Nc2cccc(CNC(=O)Cc3csc(Cc4ccccc4)n3)c2)cc1. The normalized spacial score (nSPS) is 10.6. The number of hydrogen-bond donors (Lipinski definition) is 2. The molecule has 0 bridgehead atoms. The second-order valence-corrected chi connectivity index (χ2v) is 8.81. The summed E-state index contributed by atoms with van der Waals surface area (Å²) in [6, 6.07) is 25.1. The van der Waals surface area contributed by atoms with Crippen LogP contribution in [0.15, 0.2) is 84.2 Å². The maximum atomic E-state index is 12.4. The Bertz CT molecular complexity index is 1230. The van der Waals surface area contributed by atoms with Crippen molar-refractivity contribution in [3.05, 3.63) is 117 Å². The molecule has 3 aromatic carbocycles. The Morgan fingerprint density at radius 2 is 1.67 bits per heavy atom. The number of benzene rings is 3. The predicted octanol–water partition coefficient (Wildman–Crippen LogP) is 5.15. The summed E-state index contributed by atoms with van der Waals surface area (Å²) in [5.41, 5.74) is 5.30. The van der Waals surface area contributed by atoms with Gasteiger partial charge in [-0.1, -0.05) is 60.2 Å². The highest BCUT2D eigenvalue weighted by Crippen LogP contribution is 2.16. The number of aryl methyl sites for hydroxylation is 1. The zero-order valence-corrected chi connectivity index (χ0v) is 19.2. The summed E-state index contributed by atoms with van der Waals surface area (Å²) in [4.78, 5) is 29.4. The number of nitrogens with zero attached hydrogens (tertiary/aromatic N) is 1. The van der Waals surface area contributed by atoms with E-state index >= 15 is 0 Å². The van der Waals surface area contributed by atoms with Gasteiger partial charge >= 0.3 is 0 Å². The number of anilines is 1. The smallest absolute Gasteiger partial charge is 0.255 e. The minimum Gasteiger partial charge on any atom is -0.352 e. The van der Waals surface area contributed by atoms with E-state index < -0.39 is 0 Å². The first kappa shape index (κ1) is 22.4. The summed E-state index contributed by atoms with van der Waals surface area (Å²) >= 11 is 1.58. The first-order valence-electron chi connectivity index (χ1n) is 10.8. The fraction of sp³-hybridized carbons (Fsp3) is 0.148. The van der Waals surface area contributed by atoms with Gasteiger partial charge in [0.25, 0.3) is 5.91 Å². The highest BCUT2D eigenvalue weighted by Gasteiger charge is 2.10. The van der Waals surface area contributed by atoms with Gasteiger partial charge in [-0.2, -0.15) is 0 Å². The van der Waals surface area contributed by atoms with Gasteiger partial charge in [0.15, 0.2) is 0 Å². The number of aromatic nitrogens is 1. The summed E-state index contributed by atoms with van der Waals surface area (Å²) < 4.78 is 0. The molecule has 0 saturated carbocycles. The highest BCUT2D eigenvalue weighted by molar-refractivity contribution is 7.09. The fourth-order valence-electron chi connectivity index (χ4n) is 3.38. The van der Waals surface area contributed by atoms with E-state index in [0.29, 0.717) is 17.8 Å². The van der Waals surface area contributed by atoms with Crippen LogP contribution in [0.5, 0.6) is 0 Å². The van der Waals surface area contributed by atoms with Crippen LogP contribution in [0.4, 0.5) is 5.69 Å². The van der Waals surface area contributed by atoms with Crippen LogP contribution in [0.1, 0.15) is 37.7 Å². The van der Waals surface area contributed by atoms with Crippen LogP contribution in [0, 0.1) is 6.92 Å². The van der Waals surface area contributed by atoms with E-state index in [1.807, 2.05) is 66.9 Å². The van der Waals surface area contributed by atoms with Gasteiger partial charge in [0.1, 0.15) is 0 Å². The molecule has 0 radical (unpaired) electrons.